The van der Waals surface area contributed by atoms with E-state index >= 15 is 0 Å². The smallest absolute Gasteiger partial charge is 0.261 e. The van der Waals surface area contributed by atoms with Crippen molar-refractivity contribution >= 4 is 15.6 Å². The van der Waals surface area contributed by atoms with Gasteiger partial charge in [-0.25, -0.2) is 8.42 Å². The summed E-state index contributed by atoms with van der Waals surface area (Å²) in [7, 11) is -3.58. The molecule has 2 aliphatic rings. The van der Waals surface area contributed by atoms with E-state index in [4.69, 9.17) is 0 Å². The van der Waals surface area contributed by atoms with Gasteiger partial charge in [-0.15, -0.1) is 0 Å². The van der Waals surface area contributed by atoms with E-state index in [0.29, 0.717) is 0 Å². The maximum absolute atomic E-state index is 12.6. The number of nitrogens with one attached hydrogen (secondary N) is 1. The van der Waals surface area contributed by atoms with Gasteiger partial charge in [0.15, 0.2) is 0 Å². The molecule has 0 aromatic heterocycles. The van der Waals surface area contributed by atoms with Crippen molar-refractivity contribution in [2.24, 2.45) is 0 Å². The molecule has 1 aromatic carbocycles. The molecule has 0 unspecified atom stereocenters. The van der Waals surface area contributed by atoms with Crippen LogP contribution >= 0.6 is 0 Å². The number of allylic oxidation sites excluding steroid dienone is 1. The van der Waals surface area contributed by atoms with Gasteiger partial charge in [-0.1, -0.05) is 73.5 Å². The molecule has 140 valence electrons. The first-order chi connectivity index (χ1) is 13.0. The maximum atomic E-state index is 12.6. The van der Waals surface area contributed by atoms with E-state index < -0.39 is 10.0 Å². The van der Waals surface area contributed by atoms with Gasteiger partial charge in [0.2, 0.25) is 0 Å². The van der Waals surface area contributed by atoms with Crippen LogP contribution < -0.4 is 4.72 Å². The van der Waals surface area contributed by atoms with Crippen molar-refractivity contribution in [2.75, 3.05) is 0 Å². The molecule has 0 spiro atoms. The number of benzene rings is 1. The van der Waals surface area contributed by atoms with Crippen LogP contribution in [0.4, 0.5) is 0 Å². The lowest BCUT2D eigenvalue weighted by Crippen LogP contribution is -2.18. The molecule has 0 radical (unpaired) electrons. The summed E-state index contributed by atoms with van der Waals surface area (Å²) in [4.78, 5) is 0.276. The summed E-state index contributed by atoms with van der Waals surface area (Å²) in [6.45, 7) is 4.07. The molecule has 1 N–H and O–H groups in total. The molecular formula is C23H25NO2S. The van der Waals surface area contributed by atoms with Crippen LogP contribution in [-0.4, -0.2) is 8.42 Å². The summed E-state index contributed by atoms with van der Waals surface area (Å²) in [5.41, 5.74) is 5.41. The molecule has 0 bridgehead atoms. The molecule has 0 aliphatic heterocycles. The molecule has 0 saturated heterocycles. The maximum Gasteiger partial charge on any atom is 0.261 e. The summed E-state index contributed by atoms with van der Waals surface area (Å²) in [5, 5.41) is 0. The fourth-order valence-electron chi connectivity index (χ4n) is 3.08. The highest BCUT2D eigenvalue weighted by Gasteiger charge is 2.15. The van der Waals surface area contributed by atoms with Crippen molar-refractivity contribution in [1.82, 2.24) is 4.72 Å². The first-order valence-corrected chi connectivity index (χ1v) is 10.8. The summed E-state index contributed by atoms with van der Waals surface area (Å²) in [6.07, 6.45) is 4.54. The number of hydrogen-bond donors (Lipinski definition) is 1. The molecule has 0 heterocycles. The number of hydrogen-bond acceptors (Lipinski definition) is 2. The van der Waals surface area contributed by atoms with Crippen LogP contribution in [0.2, 0.25) is 0 Å². The van der Waals surface area contributed by atoms with Gasteiger partial charge in [-0.3, -0.25) is 4.72 Å². The van der Waals surface area contributed by atoms with Crippen LogP contribution in [0.25, 0.3) is 16.7 Å². The average Bonchev–Trinajstić information content (AvgIpc) is 2.90. The third-order valence-electron chi connectivity index (χ3n) is 4.66. The lowest BCUT2D eigenvalue weighted by atomic mass is 9.99. The summed E-state index contributed by atoms with van der Waals surface area (Å²) >= 11 is 0. The van der Waals surface area contributed by atoms with Crippen molar-refractivity contribution in [3.63, 3.8) is 0 Å². The van der Waals surface area contributed by atoms with Crippen LogP contribution in [0, 0.1) is 6.92 Å². The number of rotatable bonds is 7. The minimum absolute atomic E-state index is 0.276. The Kier molecular flexibility index (Phi) is 5.97. The van der Waals surface area contributed by atoms with Gasteiger partial charge in [0, 0.05) is 6.20 Å². The van der Waals surface area contributed by atoms with E-state index in [1.165, 1.54) is 0 Å². The van der Waals surface area contributed by atoms with Gasteiger partial charge in [-0.2, -0.15) is 0 Å². The number of aryl methyl sites for hydroxylation is 1. The van der Waals surface area contributed by atoms with E-state index in [2.05, 4.69) is 35.9 Å². The minimum Gasteiger partial charge on any atom is -0.286 e. The zero-order valence-corrected chi connectivity index (χ0v) is 16.6. The zero-order valence-electron chi connectivity index (χ0n) is 15.8. The normalized spacial score (nSPS) is 12.3. The Bertz CT molecular complexity index is 1000. The predicted molar refractivity (Wildman–Crippen MR) is 112 cm³/mol. The van der Waals surface area contributed by atoms with E-state index in [1.54, 1.807) is 30.5 Å². The Morgan fingerprint density at radius 3 is 2.44 bits per heavy atom. The molecule has 3 rings (SSSR count). The molecule has 0 amide bonds. The second-order valence-electron chi connectivity index (χ2n) is 6.73. The second kappa shape index (κ2) is 8.40. The summed E-state index contributed by atoms with van der Waals surface area (Å²) in [5.74, 6) is 0. The Balaban J connectivity index is 1.94. The molecule has 3 nitrogen and oxygen atoms in total. The first-order valence-electron chi connectivity index (χ1n) is 9.27. The fourth-order valence-corrected chi connectivity index (χ4v) is 4.01. The Labute approximate surface area is 162 Å². The number of sulfonamides is 1. The summed E-state index contributed by atoms with van der Waals surface area (Å²) < 4.78 is 28.0. The predicted octanol–water partition coefficient (Wildman–Crippen LogP) is 5.61. The Hall–Kier alpha value is -2.59. The van der Waals surface area contributed by atoms with E-state index in [9.17, 15) is 8.42 Å². The molecule has 0 saturated carbocycles. The Morgan fingerprint density at radius 1 is 0.963 bits per heavy atom. The second-order valence-corrected chi connectivity index (χ2v) is 8.45. The van der Waals surface area contributed by atoms with Crippen LogP contribution in [0.5, 0.6) is 0 Å². The lowest BCUT2D eigenvalue weighted by Gasteiger charge is -2.10. The van der Waals surface area contributed by atoms with E-state index in [-0.39, 0.29) is 4.90 Å². The molecule has 4 heteroatoms. The molecule has 1 aromatic rings. The monoisotopic (exact) mass is 379 g/mol. The highest BCUT2D eigenvalue weighted by Crippen LogP contribution is 2.34. The van der Waals surface area contributed by atoms with Crippen molar-refractivity contribution < 1.29 is 8.42 Å². The van der Waals surface area contributed by atoms with E-state index in [0.717, 1.165) is 47.1 Å². The van der Waals surface area contributed by atoms with Gasteiger partial charge in [-0.05, 0) is 54.2 Å². The van der Waals surface area contributed by atoms with Gasteiger partial charge in [0.1, 0.15) is 0 Å². The molecule has 2 aliphatic carbocycles. The topological polar surface area (TPSA) is 46.2 Å². The van der Waals surface area contributed by atoms with Gasteiger partial charge in [0.05, 0.1) is 4.90 Å². The van der Waals surface area contributed by atoms with Crippen LogP contribution in [0.15, 0.2) is 77.8 Å². The van der Waals surface area contributed by atoms with Crippen molar-refractivity contribution in [3.8, 4) is 11.1 Å². The minimum atomic E-state index is -3.58. The summed E-state index contributed by atoms with van der Waals surface area (Å²) in [6, 6.07) is 21.2. The third-order valence-corrected chi connectivity index (χ3v) is 5.98. The van der Waals surface area contributed by atoms with Crippen LogP contribution in [0.1, 0.15) is 37.3 Å². The SMILES string of the molecule is CCCC/C(=C/NS(=O)(=O)c1ccc(C)cc1)c1ccc2cccccc1-2. The first kappa shape index (κ1) is 19.2. The highest BCUT2D eigenvalue weighted by molar-refractivity contribution is 7.89. The van der Waals surface area contributed by atoms with Crippen LogP contribution in [0.3, 0.4) is 0 Å². The van der Waals surface area contributed by atoms with Crippen molar-refractivity contribution in [1.29, 1.82) is 0 Å². The largest absolute Gasteiger partial charge is 0.286 e. The lowest BCUT2D eigenvalue weighted by molar-refractivity contribution is 0.590. The van der Waals surface area contributed by atoms with Gasteiger partial charge < -0.3 is 0 Å². The fraction of sp³-hybridized carbons (Fsp3) is 0.217. The van der Waals surface area contributed by atoms with E-state index in [1.807, 2.05) is 25.1 Å². The number of unbranched alkanes of at least 4 members (excludes halogenated alkanes) is 1. The van der Waals surface area contributed by atoms with Crippen molar-refractivity contribution in [3.05, 3.63) is 84.1 Å². The molecular weight excluding hydrogens is 354 g/mol. The molecule has 0 fully saturated rings. The molecule has 27 heavy (non-hydrogen) atoms. The highest BCUT2D eigenvalue weighted by atomic mass is 32.2. The van der Waals surface area contributed by atoms with Crippen LogP contribution in [-0.2, 0) is 10.0 Å². The Morgan fingerprint density at radius 2 is 1.70 bits per heavy atom. The standard InChI is InChI=1S/C23H25NO2S/c1-3-4-8-20(23-16-13-19-9-6-5-7-10-22(19)23)17-24-27(25,26)21-14-11-18(2)12-15-21/h5-7,9-17,24H,3-4,8H2,1-2H3/b20-17-. The van der Waals surface area contributed by atoms with Crippen molar-refractivity contribution in [2.45, 2.75) is 38.0 Å². The third kappa shape index (κ3) is 4.58. The molecule has 0 atom stereocenters. The van der Waals surface area contributed by atoms with Gasteiger partial charge >= 0.3 is 0 Å². The average molecular weight is 380 g/mol. The zero-order chi connectivity index (χ0) is 19.3. The number of fused-ring (bicyclic) bond motifs is 1. The van der Waals surface area contributed by atoms with Gasteiger partial charge in [0.25, 0.3) is 10.0 Å². The quantitative estimate of drug-likeness (QED) is 0.580.